The van der Waals surface area contributed by atoms with Crippen LogP contribution in [0.5, 0.6) is 0 Å². The average molecular weight is 403 g/mol. The van der Waals surface area contributed by atoms with Crippen molar-refractivity contribution in [1.82, 2.24) is 5.32 Å². The lowest BCUT2D eigenvalue weighted by Crippen LogP contribution is -2.30. The maximum absolute atomic E-state index is 12.0. The Morgan fingerprint density at radius 2 is 1.89 bits per heavy atom. The molecule has 2 N–H and O–H groups in total. The molecule has 27 heavy (non-hydrogen) atoms. The van der Waals surface area contributed by atoms with Gasteiger partial charge in [-0.2, -0.15) is 11.8 Å². The first-order chi connectivity index (χ1) is 13.0. The molecule has 0 aliphatic rings. The van der Waals surface area contributed by atoms with Crippen LogP contribution in [-0.2, 0) is 10.5 Å². The summed E-state index contributed by atoms with van der Waals surface area (Å²) in [7, 11) is 0. The molecule has 0 aliphatic carbocycles. The predicted octanol–water partition coefficient (Wildman–Crippen LogP) is 4.70. The second kappa shape index (κ2) is 10.9. The summed E-state index contributed by atoms with van der Waals surface area (Å²) in [6, 6.07) is 14.1. The number of ether oxygens (including phenoxy) is 1. The maximum Gasteiger partial charge on any atom is 0.338 e. The molecule has 0 unspecified atom stereocenters. The SMILES string of the molecule is CCOC(=O)c1cccc(NC(=S)NCCSCc2ccc(C)cc2)c1C. The minimum atomic E-state index is -0.315. The van der Waals surface area contributed by atoms with Gasteiger partial charge in [-0.3, -0.25) is 0 Å². The molecule has 0 aromatic heterocycles. The Hall–Kier alpha value is -2.05. The highest BCUT2D eigenvalue weighted by molar-refractivity contribution is 7.98. The van der Waals surface area contributed by atoms with Crippen molar-refractivity contribution in [2.75, 3.05) is 24.2 Å². The fraction of sp³-hybridized carbons (Fsp3) is 0.333. The van der Waals surface area contributed by atoms with Crippen molar-refractivity contribution >= 4 is 40.7 Å². The lowest BCUT2D eigenvalue weighted by Gasteiger charge is -2.14. The lowest BCUT2D eigenvalue weighted by molar-refractivity contribution is 0.0525. The molecule has 0 spiro atoms. The minimum Gasteiger partial charge on any atom is -0.462 e. The summed E-state index contributed by atoms with van der Waals surface area (Å²) >= 11 is 7.23. The molecule has 0 atom stereocenters. The van der Waals surface area contributed by atoms with E-state index in [2.05, 4.69) is 41.8 Å². The van der Waals surface area contributed by atoms with Crippen LogP contribution in [0.25, 0.3) is 0 Å². The fourth-order valence-electron chi connectivity index (χ4n) is 2.48. The van der Waals surface area contributed by atoms with E-state index in [0.29, 0.717) is 17.3 Å². The molecule has 6 heteroatoms. The monoisotopic (exact) mass is 402 g/mol. The molecule has 0 bridgehead atoms. The van der Waals surface area contributed by atoms with Gasteiger partial charge in [-0.1, -0.05) is 35.9 Å². The summed E-state index contributed by atoms with van der Waals surface area (Å²) in [5.41, 5.74) is 4.80. The van der Waals surface area contributed by atoms with E-state index in [-0.39, 0.29) is 5.97 Å². The highest BCUT2D eigenvalue weighted by Gasteiger charge is 2.13. The van der Waals surface area contributed by atoms with Crippen LogP contribution >= 0.6 is 24.0 Å². The molecule has 0 amide bonds. The van der Waals surface area contributed by atoms with Gasteiger partial charge in [0.15, 0.2) is 5.11 Å². The van der Waals surface area contributed by atoms with Crippen LogP contribution in [0, 0.1) is 13.8 Å². The van der Waals surface area contributed by atoms with E-state index in [1.54, 1.807) is 13.0 Å². The van der Waals surface area contributed by atoms with Crippen LogP contribution in [0.4, 0.5) is 5.69 Å². The van der Waals surface area contributed by atoms with Crippen molar-refractivity contribution in [1.29, 1.82) is 0 Å². The lowest BCUT2D eigenvalue weighted by atomic mass is 10.1. The van der Waals surface area contributed by atoms with Crippen molar-refractivity contribution in [3.8, 4) is 0 Å². The highest BCUT2D eigenvalue weighted by Crippen LogP contribution is 2.20. The largest absolute Gasteiger partial charge is 0.462 e. The minimum absolute atomic E-state index is 0.315. The number of esters is 1. The molecule has 0 saturated carbocycles. The van der Waals surface area contributed by atoms with Gasteiger partial charge in [-0.25, -0.2) is 4.79 Å². The first-order valence-corrected chi connectivity index (χ1v) is 10.5. The quantitative estimate of drug-likeness (QED) is 0.379. The van der Waals surface area contributed by atoms with Gasteiger partial charge in [0.25, 0.3) is 0 Å². The van der Waals surface area contributed by atoms with Crippen LogP contribution in [-0.4, -0.2) is 30.0 Å². The Bertz CT molecular complexity index is 776. The molecule has 0 aliphatic heterocycles. The number of thiocarbonyl (C=S) groups is 1. The maximum atomic E-state index is 12.0. The van der Waals surface area contributed by atoms with Gasteiger partial charge in [0.2, 0.25) is 0 Å². The van der Waals surface area contributed by atoms with Crippen molar-refractivity contribution < 1.29 is 9.53 Å². The molecule has 0 fully saturated rings. The standard InChI is InChI=1S/C21H26N2O2S2/c1-4-25-20(24)18-6-5-7-19(16(18)3)23-21(26)22-12-13-27-14-17-10-8-15(2)9-11-17/h5-11H,4,12-14H2,1-3H3,(H2,22,23,26). The number of aryl methyl sites for hydroxylation is 1. The summed E-state index contributed by atoms with van der Waals surface area (Å²) in [5.74, 6) is 1.63. The highest BCUT2D eigenvalue weighted by atomic mass is 32.2. The van der Waals surface area contributed by atoms with Crippen LogP contribution in [0.2, 0.25) is 0 Å². The Labute approximate surface area is 171 Å². The van der Waals surface area contributed by atoms with Gasteiger partial charge >= 0.3 is 5.97 Å². The molecule has 2 aromatic rings. The number of carbonyl (C=O) groups excluding carboxylic acids is 1. The van der Waals surface area contributed by atoms with E-state index in [1.165, 1.54) is 11.1 Å². The number of thioether (sulfide) groups is 1. The number of nitrogens with one attached hydrogen (secondary N) is 2. The second-order valence-corrected chi connectivity index (χ2v) is 7.63. The topological polar surface area (TPSA) is 50.4 Å². The summed E-state index contributed by atoms with van der Waals surface area (Å²) < 4.78 is 5.09. The Morgan fingerprint density at radius 1 is 1.15 bits per heavy atom. The van der Waals surface area contributed by atoms with Crippen LogP contribution in [0.3, 0.4) is 0 Å². The third kappa shape index (κ3) is 6.88. The number of rotatable bonds is 8. The zero-order chi connectivity index (χ0) is 19.6. The third-order valence-electron chi connectivity index (χ3n) is 4.00. The average Bonchev–Trinajstić information content (AvgIpc) is 2.65. The number of hydrogen-bond donors (Lipinski definition) is 2. The molecule has 2 aromatic carbocycles. The fourth-order valence-corrected chi connectivity index (χ4v) is 3.51. The van der Waals surface area contributed by atoms with Crippen LogP contribution < -0.4 is 10.6 Å². The van der Waals surface area contributed by atoms with Crippen molar-refractivity contribution in [3.05, 3.63) is 64.7 Å². The van der Waals surface area contributed by atoms with E-state index >= 15 is 0 Å². The smallest absolute Gasteiger partial charge is 0.338 e. The zero-order valence-electron chi connectivity index (χ0n) is 16.0. The molecule has 0 heterocycles. The Kier molecular flexibility index (Phi) is 8.61. The van der Waals surface area contributed by atoms with Gasteiger partial charge in [0.05, 0.1) is 12.2 Å². The first kappa shape index (κ1) is 21.3. The van der Waals surface area contributed by atoms with E-state index in [0.717, 1.165) is 29.3 Å². The van der Waals surface area contributed by atoms with E-state index in [1.807, 2.05) is 30.8 Å². The van der Waals surface area contributed by atoms with Crippen LogP contribution in [0.1, 0.15) is 34.0 Å². The third-order valence-corrected chi connectivity index (χ3v) is 5.28. The number of hydrogen-bond acceptors (Lipinski definition) is 4. The molecule has 4 nitrogen and oxygen atoms in total. The molecule has 2 rings (SSSR count). The number of carbonyl (C=O) groups is 1. The van der Waals surface area contributed by atoms with Gasteiger partial charge in [0, 0.05) is 23.7 Å². The van der Waals surface area contributed by atoms with Crippen LogP contribution in [0.15, 0.2) is 42.5 Å². The molecule has 0 saturated heterocycles. The van der Waals surface area contributed by atoms with Gasteiger partial charge in [-0.15, -0.1) is 0 Å². The number of anilines is 1. The summed E-state index contributed by atoms with van der Waals surface area (Å²) in [5, 5.41) is 6.93. The van der Waals surface area contributed by atoms with Crippen molar-refractivity contribution in [2.24, 2.45) is 0 Å². The summed E-state index contributed by atoms with van der Waals surface area (Å²) in [4.78, 5) is 12.0. The van der Waals surface area contributed by atoms with Gasteiger partial charge < -0.3 is 15.4 Å². The summed E-state index contributed by atoms with van der Waals surface area (Å²) in [6.45, 7) is 6.91. The predicted molar refractivity (Wildman–Crippen MR) is 119 cm³/mol. The van der Waals surface area contributed by atoms with E-state index < -0.39 is 0 Å². The molecular formula is C21H26N2O2S2. The second-order valence-electron chi connectivity index (χ2n) is 6.12. The Morgan fingerprint density at radius 3 is 2.59 bits per heavy atom. The van der Waals surface area contributed by atoms with Crippen molar-refractivity contribution in [3.63, 3.8) is 0 Å². The first-order valence-electron chi connectivity index (χ1n) is 8.96. The molecule has 0 radical (unpaired) electrons. The molecular weight excluding hydrogens is 376 g/mol. The molecule has 144 valence electrons. The number of benzene rings is 2. The zero-order valence-corrected chi connectivity index (χ0v) is 17.6. The van der Waals surface area contributed by atoms with Gasteiger partial charge in [-0.05, 0) is 56.2 Å². The van der Waals surface area contributed by atoms with Crippen molar-refractivity contribution in [2.45, 2.75) is 26.5 Å². The van der Waals surface area contributed by atoms with E-state index in [9.17, 15) is 4.79 Å². The Balaban J connectivity index is 1.76. The van der Waals surface area contributed by atoms with E-state index in [4.69, 9.17) is 17.0 Å². The normalized spacial score (nSPS) is 10.3. The van der Waals surface area contributed by atoms with Gasteiger partial charge in [0.1, 0.15) is 0 Å². The summed E-state index contributed by atoms with van der Waals surface area (Å²) in [6.07, 6.45) is 0.